The average molecular weight is 240 g/mol. The summed E-state index contributed by atoms with van der Waals surface area (Å²) in [4.78, 5) is 24.6. The number of hydrogen-bond donors (Lipinski definition) is 2. The number of amides is 1. The van der Waals surface area contributed by atoms with Crippen LogP contribution in [0, 0.1) is 5.92 Å². The third-order valence-corrected chi connectivity index (χ3v) is 3.75. The number of rotatable bonds is 4. The Kier molecular flexibility index (Phi) is 3.66. The van der Waals surface area contributed by atoms with Gasteiger partial charge in [-0.25, -0.2) is 4.79 Å². The van der Waals surface area contributed by atoms with E-state index in [4.69, 9.17) is 10.8 Å². The van der Waals surface area contributed by atoms with Crippen LogP contribution in [0.5, 0.6) is 0 Å². The van der Waals surface area contributed by atoms with E-state index in [9.17, 15) is 9.59 Å². The third-order valence-electron chi connectivity index (χ3n) is 3.75. The lowest BCUT2D eigenvalue weighted by atomic mass is 10.0. The molecule has 1 saturated carbocycles. The summed E-state index contributed by atoms with van der Waals surface area (Å²) in [6.07, 6.45) is 4.87. The normalized spacial score (nSPS) is 26.6. The van der Waals surface area contributed by atoms with Gasteiger partial charge in [0, 0.05) is 19.0 Å². The van der Waals surface area contributed by atoms with E-state index in [1.165, 1.54) is 4.90 Å². The number of carboxylic acids is 1. The Hall–Kier alpha value is -1.10. The van der Waals surface area contributed by atoms with Crippen molar-refractivity contribution in [3.05, 3.63) is 0 Å². The number of aliphatic carboxylic acids is 1. The first kappa shape index (κ1) is 12.4. The van der Waals surface area contributed by atoms with Crippen molar-refractivity contribution in [2.45, 2.75) is 50.6 Å². The molecule has 0 radical (unpaired) electrons. The van der Waals surface area contributed by atoms with Crippen LogP contribution in [0.4, 0.5) is 0 Å². The molecule has 17 heavy (non-hydrogen) atoms. The fourth-order valence-electron chi connectivity index (χ4n) is 2.50. The lowest BCUT2D eigenvalue weighted by Crippen LogP contribution is -2.49. The molecule has 5 heteroatoms. The van der Waals surface area contributed by atoms with Crippen molar-refractivity contribution in [1.29, 1.82) is 0 Å². The summed E-state index contributed by atoms with van der Waals surface area (Å²) < 4.78 is 0. The molecule has 0 aromatic rings. The Bertz CT molecular complexity index is 315. The van der Waals surface area contributed by atoms with Gasteiger partial charge in [-0.05, 0) is 38.0 Å². The second-order valence-electron chi connectivity index (χ2n) is 5.14. The zero-order valence-corrected chi connectivity index (χ0v) is 9.97. The number of hydrogen-bond acceptors (Lipinski definition) is 3. The molecule has 96 valence electrons. The number of carboxylic acid groups (broad SMARTS) is 1. The number of carbonyl (C=O) groups is 2. The molecule has 2 rings (SSSR count). The fourth-order valence-corrected chi connectivity index (χ4v) is 2.50. The highest BCUT2D eigenvalue weighted by Crippen LogP contribution is 2.33. The van der Waals surface area contributed by atoms with Gasteiger partial charge in [0.2, 0.25) is 5.91 Å². The van der Waals surface area contributed by atoms with Crippen molar-refractivity contribution >= 4 is 11.9 Å². The van der Waals surface area contributed by atoms with E-state index < -0.39 is 12.0 Å². The number of likely N-dealkylation sites (tertiary alicyclic amines) is 1. The summed E-state index contributed by atoms with van der Waals surface area (Å²) in [5.41, 5.74) is 5.91. The van der Waals surface area contributed by atoms with Gasteiger partial charge in [-0.3, -0.25) is 4.79 Å². The van der Waals surface area contributed by atoms with Crippen LogP contribution in [0.2, 0.25) is 0 Å². The van der Waals surface area contributed by atoms with Gasteiger partial charge in [-0.2, -0.15) is 0 Å². The molecule has 1 unspecified atom stereocenters. The summed E-state index contributed by atoms with van der Waals surface area (Å²) in [7, 11) is 0. The lowest BCUT2D eigenvalue weighted by Gasteiger charge is -2.33. The maximum atomic E-state index is 12.0. The fraction of sp³-hybridized carbons (Fsp3) is 0.833. The Morgan fingerprint density at radius 2 is 2.00 bits per heavy atom. The van der Waals surface area contributed by atoms with Gasteiger partial charge in [0.15, 0.2) is 0 Å². The van der Waals surface area contributed by atoms with Crippen molar-refractivity contribution in [1.82, 2.24) is 4.90 Å². The van der Waals surface area contributed by atoms with E-state index in [1.807, 2.05) is 0 Å². The molecule has 0 aromatic heterocycles. The minimum atomic E-state index is -0.891. The van der Waals surface area contributed by atoms with E-state index in [0.717, 1.165) is 25.7 Å². The SMILES string of the molecule is NC(CC(=O)N1CCCC[C@H]1C(=O)O)C1CC1. The molecule has 0 aromatic carbocycles. The van der Waals surface area contributed by atoms with Crippen LogP contribution in [0.25, 0.3) is 0 Å². The molecule has 1 amide bonds. The number of carbonyl (C=O) groups excluding carboxylic acids is 1. The summed E-state index contributed by atoms with van der Waals surface area (Å²) in [6, 6.07) is -0.721. The summed E-state index contributed by atoms with van der Waals surface area (Å²) in [6.45, 7) is 0.563. The van der Waals surface area contributed by atoms with Gasteiger partial charge in [-0.1, -0.05) is 0 Å². The molecule has 1 heterocycles. The molecule has 2 atom stereocenters. The molecule has 1 aliphatic heterocycles. The zero-order valence-electron chi connectivity index (χ0n) is 9.97. The van der Waals surface area contributed by atoms with Crippen LogP contribution in [-0.4, -0.2) is 40.5 Å². The first-order valence-electron chi connectivity index (χ1n) is 6.37. The summed E-state index contributed by atoms with van der Waals surface area (Å²) in [5.74, 6) is -0.499. The Balaban J connectivity index is 1.92. The average Bonchev–Trinajstić information content (AvgIpc) is 3.12. The van der Waals surface area contributed by atoms with E-state index in [-0.39, 0.29) is 11.9 Å². The third kappa shape index (κ3) is 2.97. The predicted octanol–water partition coefficient (Wildman–Crippen LogP) is 0.579. The first-order valence-corrected chi connectivity index (χ1v) is 6.37. The van der Waals surface area contributed by atoms with Gasteiger partial charge in [-0.15, -0.1) is 0 Å². The Morgan fingerprint density at radius 1 is 1.29 bits per heavy atom. The summed E-state index contributed by atoms with van der Waals surface area (Å²) >= 11 is 0. The highest BCUT2D eigenvalue weighted by atomic mass is 16.4. The number of nitrogens with zero attached hydrogens (tertiary/aromatic N) is 1. The van der Waals surface area contributed by atoms with Gasteiger partial charge < -0.3 is 15.7 Å². The van der Waals surface area contributed by atoms with Crippen molar-refractivity contribution in [2.75, 3.05) is 6.54 Å². The van der Waals surface area contributed by atoms with Gasteiger partial charge in [0.05, 0.1) is 0 Å². The lowest BCUT2D eigenvalue weighted by molar-refractivity contribution is -0.152. The largest absolute Gasteiger partial charge is 0.480 e. The molecule has 1 aliphatic carbocycles. The molecule has 2 aliphatic rings. The Morgan fingerprint density at radius 3 is 2.59 bits per heavy atom. The number of piperidine rings is 1. The first-order chi connectivity index (χ1) is 8.09. The van der Waals surface area contributed by atoms with Crippen molar-refractivity contribution in [3.8, 4) is 0 Å². The summed E-state index contributed by atoms with van der Waals surface area (Å²) in [5, 5.41) is 9.09. The number of nitrogens with two attached hydrogens (primary N) is 1. The maximum Gasteiger partial charge on any atom is 0.326 e. The highest BCUT2D eigenvalue weighted by molar-refractivity contribution is 5.84. The van der Waals surface area contributed by atoms with Crippen molar-refractivity contribution in [2.24, 2.45) is 11.7 Å². The topological polar surface area (TPSA) is 83.6 Å². The molecule has 0 bridgehead atoms. The minimum Gasteiger partial charge on any atom is -0.480 e. The van der Waals surface area contributed by atoms with Crippen LogP contribution < -0.4 is 5.73 Å². The molecule has 0 spiro atoms. The Labute approximate surface area is 101 Å². The molecule has 5 nitrogen and oxygen atoms in total. The van der Waals surface area contributed by atoms with Crippen molar-refractivity contribution in [3.63, 3.8) is 0 Å². The monoisotopic (exact) mass is 240 g/mol. The quantitative estimate of drug-likeness (QED) is 0.753. The maximum absolute atomic E-state index is 12.0. The second-order valence-corrected chi connectivity index (χ2v) is 5.14. The second kappa shape index (κ2) is 5.04. The van der Waals surface area contributed by atoms with Crippen LogP contribution >= 0.6 is 0 Å². The smallest absolute Gasteiger partial charge is 0.326 e. The molecule has 3 N–H and O–H groups in total. The predicted molar refractivity (Wildman–Crippen MR) is 62.3 cm³/mol. The van der Waals surface area contributed by atoms with Gasteiger partial charge >= 0.3 is 5.97 Å². The van der Waals surface area contributed by atoms with E-state index in [2.05, 4.69) is 0 Å². The van der Waals surface area contributed by atoms with Gasteiger partial charge in [0.1, 0.15) is 6.04 Å². The molecule has 2 fully saturated rings. The van der Waals surface area contributed by atoms with Crippen LogP contribution in [0.15, 0.2) is 0 Å². The molecule has 1 saturated heterocycles. The van der Waals surface area contributed by atoms with Crippen molar-refractivity contribution < 1.29 is 14.7 Å². The molecular formula is C12H20N2O3. The minimum absolute atomic E-state index is 0.0844. The van der Waals surface area contributed by atoms with Gasteiger partial charge in [0.25, 0.3) is 0 Å². The van der Waals surface area contributed by atoms with E-state index in [1.54, 1.807) is 0 Å². The standard InChI is InChI=1S/C12H20N2O3/c13-9(8-4-5-8)7-11(15)14-6-2-1-3-10(14)12(16)17/h8-10H,1-7,13H2,(H,16,17)/t9?,10-/m0/s1. The van der Waals surface area contributed by atoms with E-state index in [0.29, 0.717) is 25.3 Å². The van der Waals surface area contributed by atoms with Crippen LogP contribution in [-0.2, 0) is 9.59 Å². The highest BCUT2D eigenvalue weighted by Gasteiger charge is 2.35. The zero-order chi connectivity index (χ0) is 12.4. The van der Waals surface area contributed by atoms with Crippen LogP contribution in [0.3, 0.4) is 0 Å². The van der Waals surface area contributed by atoms with Crippen LogP contribution in [0.1, 0.15) is 38.5 Å². The van der Waals surface area contributed by atoms with E-state index >= 15 is 0 Å². The molecular weight excluding hydrogens is 220 g/mol.